The molecule has 0 saturated carbocycles. The van der Waals surface area contributed by atoms with E-state index in [4.69, 9.17) is 25.1 Å². The molecular weight excluding hydrogens is 242 g/mol. The molecule has 0 aromatic rings. The maximum Gasteiger partial charge on any atom is 0.329 e. The van der Waals surface area contributed by atoms with Crippen LogP contribution < -0.4 is 5.73 Å². The van der Waals surface area contributed by atoms with E-state index in [1.54, 1.807) is 20.8 Å². The summed E-state index contributed by atoms with van der Waals surface area (Å²) < 4.78 is 14.9. The smallest absolute Gasteiger partial charge is 0.329 e. The van der Waals surface area contributed by atoms with Gasteiger partial charge in [-0.05, 0) is 20.8 Å². The molecule has 0 rings (SSSR count). The van der Waals surface area contributed by atoms with E-state index in [2.05, 4.69) is 0 Å². The summed E-state index contributed by atoms with van der Waals surface area (Å²) in [6.45, 7) is 5.18. The standard InChI is InChI=1S/C11H21NO6/c1-11(2,3)18-10(15)8(12)6-16-4-5-17-7-9(13)14/h8H,4-7,12H2,1-3H3,(H,13,14). The third-order valence-electron chi connectivity index (χ3n) is 1.60. The first-order valence-corrected chi connectivity index (χ1v) is 5.58. The van der Waals surface area contributed by atoms with Crippen LogP contribution in [-0.4, -0.2) is 55.1 Å². The quantitative estimate of drug-likeness (QED) is 0.460. The summed E-state index contributed by atoms with van der Waals surface area (Å²) in [7, 11) is 0. The fourth-order valence-electron chi connectivity index (χ4n) is 0.933. The number of nitrogens with two attached hydrogens (primary N) is 1. The van der Waals surface area contributed by atoms with Crippen LogP contribution in [0.15, 0.2) is 0 Å². The lowest BCUT2D eigenvalue weighted by molar-refractivity contribution is -0.158. The Kier molecular flexibility index (Phi) is 7.49. The number of carbonyl (C=O) groups excluding carboxylic acids is 1. The first-order chi connectivity index (χ1) is 8.22. The van der Waals surface area contributed by atoms with Crippen LogP contribution in [-0.2, 0) is 23.8 Å². The maximum atomic E-state index is 11.4. The van der Waals surface area contributed by atoms with Crippen LogP contribution in [0.4, 0.5) is 0 Å². The van der Waals surface area contributed by atoms with Gasteiger partial charge in [0, 0.05) is 0 Å². The molecule has 0 aliphatic carbocycles. The average Bonchev–Trinajstić information content (AvgIpc) is 2.19. The van der Waals surface area contributed by atoms with E-state index in [1.807, 2.05) is 0 Å². The van der Waals surface area contributed by atoms with Gasteiger partial charge in [-0.15, -0.1) is 0 Å². The van der Waals surface area contributed by atoms with Gasteiger partial charge < -0.3 is 25.1 Å². The van der Waals surface area contributed by atoms with Crippen LogP contribution in [0.5, 0.6) is 0 Å². The van der Waals surface area contributed by atoms with E-state index in [1.165, 1.54) is 0 Å². The molecule has 0 bridgehead atoms. The highest BCUT2D eigenvalue weighted by atomic mass is 16.6. The number of carboxylic acid groups (broad SMARTS) is 1. The van der Waals surface area contributed by atoms with Gasteiger partial charge in [0.15, 0.2) is 0 Å². The second-order valence-electron chi connectivity index (χ2n) is 4.66. The van der Waals surface area contributed by atoms with Crippen molar-refractivity contribution in [1.82, 2.24) is 0 Å². The molecule has 0 aromatic carbocycles. The van der Waals surface area contributed by atoms with Crippen LogP contribution in [0, 0.1) is 0 Å². The Morgan fingerprint density at radius 1 is 1.22 bits per heavy atom. The zero-order valence-electron chi connectivity index (χ0n) is 11.0. The first kappa shape index (κ1) is 16.8. The van der Waals surface area contributed by atoms with Crippen molar-refractivity contribution in [2.24, 2.45) is 5.73 Å². The molecule has 0 aromatic heterocycles. The molecule has 3 N–H and O–H groups in total. The van der Waals surface area contributed by atoms with Gasteiger partial charge in [0.05, 0.1) is 19.8 Å². The van der Waals surface area contributed by atoms with Crippen LogP contribution in [0.3, 0.4) is 0 Å². The summed E-state index contributed by atoms with van der Waals surface area (Å²) in [5, 5.41) is 8.29. The van der Waals surface area contributed by atoms with Crippen molar-refractivity contribution in [1.29, 1.82) is 0 Å². The summed E-state index contributed by atoms with van der Waals surface area (Å²) >= 11 is 0. The highest BCUT2D eigenvalue weighted by Gasteiger charge is 2.22. The summed E-state index contributed by atoms with van der Waals surface area (Å²) in [6, 6.07) is -0.858. The molecule has 0 saturated heterocycles. The highest BCUT2D eigenvalue weighted by molar-refractivity contribution is 5.76. The Morgan fingerprint density at radius 2 is 1.78 bits per heavy atom. The van der Waals surface area contributed by atoms with E-state index in [0.29, 0.717) is 0 Å². The van der Waals surface area contributed by atoms with Gasteiger partial charge in [0.2, 0.25) is 0 Å². The minimum Gasteiger partial charge on any atom is -0.480 e. The fourth-order valence-corrected chi connectivity index (χ4v) is 0.933. The molecule has 7 nitrogen and oxygen atoms in total. The second-order valence-corrected chi connectivity index (χ2v) is 4.66. The van der Waals surface area contributed by atoms with Crippen molar-refractivity contribution in [2.75, 3.05) is 26.4 Å². The van der Waals surface area contributed by atoms with Gasteiger partial charge in [0.1, 0.15) is 18.2 Å². The summed E-state index contributed by atoms with van der Waals surface area (Å²) in [5.74, 6) is -1.57. The van der Waals surface area contributed by atoms with Crippen molar-refractivity contribution < 1.29 is 28.9 Å². The number of carboxylic acids is 1. The lowest BCUT2D eigenvalue weighted by Crippen LogP contribution is -2.40. The van der Waals surface area contributed by atoms with Gasteiger partial charge in [-0.3, -0.25) is 4.79 Å². The Morgan fingerprint density at radius 3 is 2.28 bits per heavy atom. The van der Waals surface area contributed by atoms with Gasteiger partial charge in [-0.25, -0.2) is 4.79 Å². The zero-order chi connectivity index (χ0) is 14.2. The Labute approximate surface area is 106 Å². The average molecular weight is 263 g/mol. The molecule has 0 heterocycles. The Hall–Kier alpha value is -1.18. The van der Waals surface area contributed by atoms with E-state index in [9.17, 15) is 9.59 Å². The molecule has 0 aliphatic heterocycles. The predicted molar refractivity (Wildman–Crippen MR) is 63.1 cm³/mol. The number of hydrogen-bond acceptors (Lipinski definition) is 6. The third kappa shape index (κ3) is 10.0. The Balaban J connectivity index is 3.61. The summed E-state index contributed by atoms with van der Waals surface area (Å²) in [6.07, 6.45) is 0. The second kappa shape index (κ2) is 8.02. The van der Waals surface area contributed by atoms with E-state index >= 15 is 0 Å². The molecule has 106 valence electrons. The molecular formula is C11H21NO6. The van der Waals surface area contributed by atoms with E-state index in [-0.39, 0.29) is 26.4 Å². The number of ether oxygens (including phenoxy) is 3. The highest BCUT2D eigenvalue weighted by Crippen LogP contribution is 2.07. The molecule has 18 heavy (non-hydrogen) atoms. The van der Waals surface area contributed by atoms with Crippen molar-refractivity contribution in [2.45, 2.75) is 32.4 Å². The number of rotatable bonds is 8. The van der Waals surface area contributed by atoms with Gasteiger partial charge >= 0.3 is 11.9 Å². The molecule has 0 spiro atoms. The number of esters is 1. The molecule has 7 heteroatoms. The van der Waals surface area contributed by atoms with E-state index < -0.39 is 23.6 Å². The van der Waals surface area contributed by atoms with Gasteiger partial charge in [-0.2, -0.15) is 0 Å². The number of aliphatic carboxylic acids is 1. The van der Waals surface area contributed by atoms with Crippen molar-refractivity contribution in [3.05, 3.63) is 0 Å². The SMILES string of the molecule is CC(C)(C)OC(=O)C(N)COCCOCC(=O)O. The molecule has 0 amide bonds. The van der Waals surface area contributed by atoms with Crippen molar-refractivity contribution in [3.63, 3.8) is 0 Å². The first-order valence-electron chi connectivity index (χ1n) is 5.58. The minimum atomic E-state index is -1.04. The maximum absolute atomic E-state index is 11.4. The minimum absolute atomic E-state index is 0.00530. The lowest BCUT2D eigenvalue weighted by atomic mass is 10.2. The third-order valence-corrected chi connectivity index (χ3v) is 1.60. The normalized spacial score (nSPS) is 13.1. The van der Waals surface area contributed by atoms with Crippen molar-refractivity contribution in [3.8, 4) is 0 Å². The lowest BCUT2D eigenvalue weighted by Gasteiger charge is -2.22. The van der Waals surface area contributed by atoms with Gasteiger partial charge in [0.25, 0.3) is 0 Å². The Bertz CT molecular complexity index is 273. The number of carbonyl (C=O) groups is 2. The molecule has 1 unspecified atom stereocenters. The summed E-state index contributed by atoms with van der Waals surface area (Å²) in [5.41, 5.74) is 4.97. The summed E-state index contributed by atoms with van der Waals surface area (Å²) in [4.78, 5) is 21.5. The van der Waals surface area contributed by atoms with E-state index in [0.717, 1.165) is 0 Å². The monoisotopic (exact) mass is 263 g/mol. The molecule has 0 aliphatic rings. The van der Waals surface area contributed by atoms with Crippen LogP contribution in [0.2, 0.25) is 0 Å². The number of hydrogen-bond donors (Lipinski definition) is 2. The van der Waals surface area contributed by atoms with Crippen LogP contribution in [0.1, 0.15) is 20.8 Å². The van der Waals surface area contributed by atoms with Gasteiger partial charge in [-0.1, -0.05) is 0 Å². The van der Waals surface area contributed by atoms with Crippen LogP contribution >= 0.6 is 0 Å². The molecule has 0 radical (unpaired) electrons. The predicted octanol–water partition coefficient (Wildman–Crippen LogP) is -0.227. The topological polar surface area (TPSA) is 108 Å². The molecule has 1 atom stereocenters. The van der Waals surface area contributed by atoms with Crippen LogP contribution in [0.25, 0.3) is 0 Å². The van der Waals surface area contributed by atoms with Crippen molar-refractivity contribution >= 4 is 11.9 Å². The fraction of sp³-hybridized carbons (Fsp3) is 0.818. The largest absolute Gasteiger partial charge is 0.480 e. The molecule has 0 fully saturated rings. The zero-order valence-corrected chi connectivity index (χ0v) is 11.0.